The SMILES string of the molecule is CC1(C)CN(c2ncc(C(=O)ONC(=O)c3cccc(C(F)(F)F)c3)c(N)n2)C(=O)N1. The zero-order valence-corrected chi connectivity index (χ0v) is 16.3. The Hall–Kier alpha value is -3.90. The second-order valence-corrected chi connectivity index (χ2v) is 7.27. The normalized spacial score (nSPS) is 15.4. The molecule has 0 unspecified atom stereocenters. The first-order chi connectivity index (χ1) is 14.4. The summed E-state index contributed by atoms with van der Waals surface area (Å²) in [4.78, 5) is 49.8. The number of hydroxylamine groups is 1. The predicted molar refractivity (Wildman–Crippen MR) is 101 cm³/mol. The lowest BCUT2D eigenvalue weighted by Crippen LogP contribution is -2.36. The van der Waals surface area contributed by atoms with E-state index < -0.39 is 35.2 Å². The van der Waals surface area contributed by atoms with Gasteiger partial charge in [-0.15, -0.1) is 0 Å². The van der Waals surface area contributed by atoms with Gasteiger partial charge in [0.15, 0.2) is 0 Å². The molecular weight excluding hydrogens is 421 g/mol. The first-order valence-corrected chi connectivity index (χ1v) is 8.78. The second kappa shape index (κ2) is 7.74. The van der Waals surface area contributed by atoms with Crippen molar-refractivity contribution in [1.29, 1.82) is 0 Å². The van der Waals surface area contributed by atoms with E-state index in [1.54, 1.807) is 19.3 Å². The lowest BCUT2D eigenvalue weighted by atomic mass is 10.1. The molecule has 0 spiro atoms. The van der Waals surface area contributed by atoms with Crippen LogP contribution in [0.1, 0.15) is 40.1 Å². The smallest absolute Gasteiger partial charge is 0.383 e. The lowest BCUT2D eigenvalue weighted by Gasteiger charge is -2.16. The number of halogens is 3. The topological polar surface area (TPSA) is 140 Å². The quantitative estimate of drug-likeness (QED) is 0.622. The fourth-order valence-corrected chi connectivity index (χ4v) is 2.74. The van der Waals surface area contributed by atoms with Gasteiger partial charge in [0.1, 0.15) is 11.4 Å². The molecule has 0 saturated carbocycles. The van der Waals surface area contributed by atoms with Crippen molar-refractivity contribution in [3.63, 3.8) is 0 Å². The van der Waals surface area contributed by atoms with Crippen LogP contribution in [0.25, 0.3) is 0 Å². The standard InChI is InChI=1S/C18H17F3N6O4/c1-17(2)8-27(16(30)25-17)15-23-7-11(12(22)24-15)14(29)31-26-13(28)9-4-3-5-10(6-9)18(19,20)21/h3-7H,8H2,1-2H3,(H,25,30)(H,26,28)(H2,22,23,24). The molecule has 3 rings (SSSR count). The highest BCUT2D eigenvalue weighted by Crippen LogP contribution is 2.29. The zero-order valence-electron chi connectivity index (χ0n) is 16.3. The Morgan fingerprint density at radius 1 is 1.32 bits per heavy atom. The van der Waals surface area contributed by atoms with Crippen LogP contribution in [0.15, 0.2) is 30.5 Å². The molecule has 0 bridgehead atoms. The van der Waals surface area contributed by atoms with Crippen LogP contribution in [0.3, 0.4) is 0 Å². The number of aromatic nitrogens is 2. The highest BCUT2D eigenvalue weighted by molar-refractivity contribution is 5.98. The molecule has 2 aromatic rings. The van der Waals surface area contributed by atoms with E-state index in [9.17, 15) is 27.6 Å². The van der Waals surface area contributed by atoms with Crippen LogP contribution in [0.2, 0.25) is 0 Å². The number of rotatable bonds is 3. The summed E-state index contributed by atoms with van der Waals surface area (Å²) in [6, 6.07) is 3.13. The number of amides is 3. The number of hydrogen-bond acceptors (Lipinski definition) is 7. The summed E-state index contributed by atoms with van der Waals surface area (Å²) >= 11 is 0. The largest absolute Gasteiger partial charge is 0.416 e. The minimum atomic E-state index is -4.64. The van der Waals surface area contributed by atoms with Gasteiger partial charge in [-0.1, -0.05) is 6.07 Å². The van der Waals surface area contributed by atoms with Gasteiger partial charge < -0.3 is 15.9 Å². The van der Waals surface area contributed by atoms with Crippen LogP contribution in [0, 0.1) is 0 Å². The maximum Gasteiger partial charge on any atom is 0.416 e. The summed E-state index contributed by atoms with van der Waals surface area (Å²) in [6.45, 7) is 3.86. The molecule has 4 N–H and O–H groups in total. The van der Waals surface area contributed by atoms with Gasteiger partial charge in [-0.2, -0.15) is 23.6 Å². The van der Waals surface area contributed by atoms with Gasteiger partial charge in [0.25, 0.3) is 5.91 Å². The van der Waals surface area contributed by atoms with E-state index >= 15 is 0 Å². The van der Waals surface area contributed by atoms with E-state index in [1.165, 1.54) is 4.90 Å². The van der Waals surface area contributed by atoms with Crippen LogP contribution in [0.5, 0.6) is 0 Å². The minimum Gasteiger partial charge on any atom is -0.383 e. The van der Waals surface area contributed by atoms with Crippen molar-refractivity contribution in [3.8, 4) is 0 Å². The first-order valence-electron chi connectivity index (χ1n) is 8.78. The summed E-state index contributed by atoms with van der Waals surface area (Å²) in [5, 5.41) is 2.72. The molecule has 1 aliphatic rings. The molecule has 0 aliphatic carbocycles. The average molecular weight is 438 g/mol. The van der Waals surface area contributed by atoms with E-state index in [1.807, 2.05) is 0 Å². The van der Waals surface area contributed by atoms with Crippen LogP contribution in [-0.4, -0.2) is 40.0 Å². The number of benzene rings is 1. The summed E-state index contributed by atoms with van der Waals surface area (Å²) in [6.07, 6.45) is -3.63. The number of carbonyl (C=O) groups is 3. The van der Waals surface area contributed by atoms with Crippen molar-refractivity contribution < 1.29 is 32.4 Å². The Bertz CT molecular complexity index is 1060. The summed E-state index contributed by atoms with van der Waals surface area (Å²) in [5.41, 5.74) is 5.26. The number of nitrogens with zero attached hydrogens (tertiary/aromatic N) is 3. The summed E-state index contributed by atoms with van der Waals surface area (Å²) < 4.78 is 38.2. The molecule has 1 fully saturated rings. The molecule has 0 radical (unpaired) electrons. The van der Waals surface area contributed by atoms with Gasteiger partial charge in [0.2, 0.25) is 5.95 Å². The van der Waals surface area contributed by atoms with Crippen molar-refractivity contribution in [1.82, 2.24) is 20.8 Å². The Morgan fingerprint density at radius 3 is 2.61 bits per heavy atom. The van der Waals surface area contributed by atoms with Gasteiger partial charge >= 0.3 is 18.2 Å². The van der Waals surface area contributed by atoms with E-state index in [0.29, 0.717) is 6.07 Å². The Labute approximate surface area is 173 Å². The van der Waals surface area contributed by atoms with E-state index in [0.717, 1.165) is 24.4 Å². The predicted octanol–water partition coefficient (Wildman–Crippen LogP) is 1.89. The van der Waals surface area contributed by atoms with Crippen molar-refractivity contribution in [3.05, 3.63) is 47.2 Å². The van der Waals surface area contributed by atoms with Crippen molar-refractivity contribution >= 4 is 29.7 Å². The van der Waals surface area contributed by atoms with E-state index in [4.69, 9.17) is 5.73 Å². The van der Waals surface area contributed by atoms with Crippen LogP contribution in [-0.2, 0) is 11.0 Å². The van der Waals surface area contributed by atoms with Crippen molar-refractivity contribution in [2.24, 2.45) is 0 Å². The molecule has 13 heteroatoms. The van der Waals surface area contributed by atoms with Crippen LogP contribution < -0.4 is 21.4 Å². The molecule has 1 saturated heterocycles. The highest BCUT2D eigenvalue weighted by atomic mass is 19.4. The average Bonchev–Trinajstić information content (AvgIpc) is 2.97. The molecule has 164 valence electrons. The van der Waals surface area contributed by atoms with Gasteiger partial charge in [0, 0.05) is 11.8 Å². The third-order valence-corrected chi connectivity index (χ3v) is 4.20. The number of nitrogen functional groups attached to an aromatic ring is 1. The molecule has 1 aromatic carbocycles. The molecule has 3 amide bonds. The highest BCUT2D eigenvalue weighted by Gasteiger charge is 2.37. The fraction of sp³-hybridized carbons (Fsp3) is 0.278. The number of urea groups is 1. The maximum atomic E-state index is 12.7. The number of nitrogens with one attached hydrogen (secondary N) is 2. The van der Waals surface area contributed by atoms with Gasteiger partial charge in [-0.05, 0) is 32.0 Å². The molecule has 1 aliphatic heterocycles. The van der Waals surface area contributed by atoms with E-state index in [-0.39, 0.29) is 29.4 Å². The number of hydrogen-bond donors (Lipinski definition) is 3. The number of carbonyl (C=O) groups excluding carboxylic acids is 3. The monoisotopic (exact) mass is 438 g/mol. The molecular formula is C18H17F3N6O4. The fourth-order valence-electron chi connectivity index (χ4n) is 2.74. The van der Waals surface area contributed by atoms with Crippen molar-refractivity contribution in [2.75, 3.05) is 17.2 Å². The second-order valence-electron chi connectivity index (χ2n) is 7.27. The number of anilines is 2. The Morgan fingerprint density at radius 2 is 2.03 bits per heavy atom. The van der Waals surface area contributed by atoms with Gasteiger partial charge in [-0.25, -0.2) is 14.6 Å². The van der Waals surface area contributed by atoms with Crippen molar-refractivity contribution in [2.45, 2.75) is 25.6 Å². The molecule has 1 aromatic heterocycles. The minimum absolute atomic E-state index is 0.0369. The van der Waals surface area contributed by atoms with Gasteiger partial charge in [0.05, 0.1) is 17.6 Å². The number of nitrogens with two attached hydrogens (primary N) is 1. The molecule has 2 heterocycles. The lowest BCUT2D eigenvalue weighted by molar-refractivity contribution is -0.137. The van der Waals surface area contributed by atoms with Crippen LogP contribution in [0.4, 0.5) is 29.7 Å². The Kier molecular flexibility index (Phi) is 5.44. The molecule has 31 heavy (non-hydrogen) atoms. The zero-order chi connectivity index (χ0) is 23.0. The number of alkyl halides is 3. The van der Waals surface area contributed by atoms with Crippen LogP contribution >= 0.6 is 0 Å². The summed E-state index contributed by atoms with van der Waals surface area (Å²) in [7, 11) is 0. The third-order valence-electron chi connectivity index (χ3n) is 4.20. The Balaban J connectivity index is 1.67. The molecule has 10 nitrogen and oxygen atoms in total. The maximum absolute atomic E-state index is 12.7. The summed E-state index contributed by atoms with van der Waals surface area (Å²) in [5.74, 6) is -2.58. The van der Waals surface area contributed by atoms with E-state index in [2.05, 4.69) is 20.1 Å². The first kappa shape index (κ1) is 21.8. The third kappa shape index (κ3) is 4.82. The molecule has 0 atom stereocenters. The van der Waals surface area contributed by atoms with Gasteiger partial charge in [-0.3, -0.25) is 9.69 Å².